The SMILES string of the molecule is CC(=O)C1CCC(NC(=O)[C@H]2CC2CC(C)C)CC1. The van der Waals surface area contributed by atoms with Crippen LogP contribution in [0.4, 0.5) is 0 Å². The molecule has 0 aromatic rings. The molecule has 0 radical (unpaired) electrons. The number of rotatable bonds is 5. The predicted molar refractivity (Wildman–Crippen MR) is 75.6 cm³/mol. The molecule has 1 amide bonds. The standard InChI is InChI=1S/C16H27NO2/c1-10(2)8-13-9-15(13)16(19)17-14-6-4-12(5-7-14)11(3)18/h10,12-15H,4-9H2,1-3H3,(H,17,19)/t12?,13?,14?,15-/m0/s1. The minimum atomic E-state index is 0.239. The zero-order valence-corrected chi connectivity index (χ0v) is 12.4. The summed E-state index contributed by atoms with van der Waals surface area (Å²) >= 11 is 0. The molecule has 108 valence electrons. The lowest BCUT2D eigenvalue weighted by molar-refractivity contribution is -0.123. The summed E-state index contributed by atoms with van der Waals surface area (Å²) < 4.78 is 0. The zero-order chi connectivity index (χ0) is 14.0. The Bertz CT molecular complexity index is 343. The second-order valence-corrected chi connectivity index (χ2v) is 6.90. The van der Waals surface area contributed by atoms with Crippen molar-refractivity contribution in [2.45, 2.75) is 65.3 Å². The van der Waals surface area contributed by atoms with Gasteiger partial charge >= 0.3 is 0 Å². The van der Waals surface area contributed by atoms with Crippen LogP contribution < -0.4 is 5.32 Å². The number of Topliss-reactive ketones (excluding diaryl/α,β-unsaturated/α-hetero) is 1. The van der Waals surface area contributed by atoms with Gasteiger partial charge in [0.2, 0.25) is 5.91 Å². The summed E-state index contributed by atoms with van der Waals surface area (Å²) in [4.78, 5) is 23.4. The highest BCUT2D eigenvalue weighted by Crippen LogP contribution is 2.43. The van der Waals surface area contributed by atoms with E-state index in [4.69, 9.17) is 0 Å². The number of amides is 1. The maximum absolute atomic E-state index is 12.1. The Labute approximate surface area is 116 Å². The first-order valence-corrected chi connectivity index (χ1v) is 7.78. The smallest absolute Gasteiger partial charge is 0.223 e. The minimum absolute atomic E-state index is 0.239. The highest BCUT2D eigenvalue weighted by atomic mass is 16.2. The average Bonchev–Trinajstić information content (AvgIpc) is 3.08. The fraction of sp³-hybridized carbons (Fsp3) is 0.875. The number of hydrogen-bond acceptors (Lipinski definition) is 2. The lowest BCUT2D eigenvalue weighted by atomic mass is 9.84. The maximum Gasteiger partial charge on any atom is 0.223 e. The van der Waals surface area contributed by atoms with Gasteiger partial charge in [0.05, 0.1) is 0 Å². The van der Waals surface area contributed by atoms with Crippen LogP contribution in [0, 0.1) is 23.7 Å². The van der Waals surface area contributed by atoms with E-state index in [0.29, 0.717) is 23.7 Å². The average molecular weight is 265 g/mol. The highest BCUT2D eigenvalue weighted by molar-refractivity contribution is 5.82. The molecule has 0 spiro atoms. The molecule has 3 heteroatoms. The van der Waals surface area contributed by atoms with Crippen LogP contribution in [0.15, 0.2) is 0 Å². The van der Waals surface area contributed by atoms with Crippen LogP contribution in [-0.4, -0.2) is 17.7 Å². The summed E-state index contributed by atoms with van der Waals surface area (Å²) in [6, 6.07) is 0.309. The van der Waals surface area contributed by atoms with Crippen LogP contribution in [0.1, 0.15) is 59.3 Å². The summed E-state index contributed by atoms with van der Waals surface area (Å²) in [7, 11) is 0. The number of carbonyl (C=O) groups excluding carboxylic acids is 2. The molecule has 1 N–H and O–H groups in total. The van der Waals surface area contributed by atoms with Crippen LogP contribution in [0.3, 0.4) is 0 Å². The molecule has 0 aliphatic heterocycles. The van der Waals surface area contributed by atoms with Crippen molar-refractivity contribution in [1.29, 1.82) is 0 Å². The van der Waals surface area contributed by atoms with Crippen LogP contribution in [0.2, 0.25) is 0 Å². The third kappa shape index (κ3) is 4.05. The normalized spacial score (nSPS) is 34.1. The second-order valence-electron chi connectivity index (χ2n) is 6.90. The Morgan fingerprint density at radius 1 is 1.16 bits per heavy atom. The van der Waals surface area contributed by atoms with E-state index in [-0.39, 0.29) is 17.7 Å². The van der Waals surface area contributed by atoms with Gasteiger partial charge in [-0.3, -0.25) is 9.59 Å². The fourth-order valence-electron chi connectivity index (χ4n) is 3.39. The minimum Gasteiger partial charge on any atom is -0.353 e. The Hall–Kier alpha value is -0.860. The monoisotopic (exact) mass is 265 g/mol. The number of nitrogens with one attached hydrogen (secondary N) is 1. The van der Waals surface area contributed by atoms with Gasteiger partial charge in [-0.05, 0) is 57.3 Å². The molecule has 0 heterocycles. The first kappa shape index (κ1) is 14.5. The summed E-state index contributed by atoms with van der Waals surface area (Å²) in [5.41, 5.74) is 0. The predicted octanol–water partition coefficient (Wildman–Crippen LogP) is 2.93. The van der Waals surface area contributed by atoms with Crippen molar-refractivity contribution in [3.05, 3.63) is 0 Å². The first-order chi connectivity index (χ1) is 8.97. The Balaban J connectivity index is 1.69. The molecule has 2 aliphatic carbocycles. The van der Waals surface area contributed by atoms with Gasteiger partial charge < -0.3 is 5.32 Å². The van der Waals surface area contributed by atoms with Gasteiger partial charge in [0, 0.05) is 17.9 Å². The third-order valence-corrected chi connectivity index (χ3v) is 4.68. The molecule has 1 unspecified atom stereocenters. The third-order valence-electron chi connectivity index (χ3n) is 4.68. The van der Waals surface area contributed by atoms with E-state index in [2.05, 4.69) is 19.2 Å². The number of carbonyl (C=O) groups is 2. The van der Waals surface area contributed by atoms with Gasteiger partial charge in [0.1, 0.15) is 5.78 Å². The maximum atomic E-state index is 12.1. The van der Waals surface area contributed by atoms with E-state index in [1.165, 1.54) is 6.42 Å². The number of ketones is 1. The molecule has 0 bridgehead atoms. The molecule has 0 aromatic carbocycles. The Kier molecular flexibility index (Phi) is 4.64. The molecular weight excluding hydrogens is 238 g/mol. The lowest BCUT2D eigenvalue weighted by Crippen LogP contribution is -2.39. The van der Waals surface area contributed by atoms with E-state index < -0.39 is 0 Å². The van der Waals surface area contributed by atoms with Gasteiger partial charge in [0.15, 0.2) is 0 Å². The van der Waals surface area contributed by atoms with E-state index in [1.54, 1.807) is 6.92 Å². The van der Waals surface area contributed by atoms with E-state index >= 15 is 0 Å². The first-order valence-electron chi connectivity index (χ1n) is 7.78. The van der Waals surface area contributed by atoms with Crippen molar-refractivity contribution in [3.63, 3.8) is 0 Å². The van der Waals surface area contributed by atoms with E-state index in [9.17, 15) is 9.59 Å². The van der Waals surface area contributed by atoms with Gasteiger partial charge in [-0.1, -0.05) is 13.8 Å². The summed E-state index contributed by atoms with van der Waals surface area (Å²) in [6.07, 6.45) is 6.08. The fourth-order valence-corrected chi connectivity index (χ4v) is 3.39. The summed E-state index contributed by atoms with van der Waals surface area (Å²) in [5, 5.41) is 3.19. The van der Waals surface area contributed by atoms with Crippen LogP contribution >= 0.6 is 0 Å². The quantitative estimate of drug-likeness (QED) is 0.830. The van der Waals surface area contributed by atoms with Gasteiger partial charge in [0.25, 0.3) is 0 Å². The van der Waals surface area contributed by atoms with Crippen LogP contribution in [0.5, 0.6) is 0 Å². The molecule has 2 atom stereocenters. The summed E-state index contributed by atoms with van der Waals surface area (Å²) in [5.74, 6) is 2.39. The Morgan fingerprint density at radius 3 is 2.32 bits per heavy atom. The van der Waals surface area contributed by atoms with Crippen LogP contribution in [0.25, 0.3) is 0 Å². The largest absolute Gasteiger partial charge is 0.353 e. The summed E-state index contributed by atoms with van der Waals surface area (Å²) in [6.45, 7) is 6.12. The van der Waals surface area contributed by atoms with Crippen molar-refractivity contribution >= 4 is 11.7 Å². The molecular formula is C16H27NO2. The molecule has 2 aliphatic rings. The van der Waals surface area contributed by atoms with E-state index in [1.807, 2.05) is 0 Å². The number of hydrogen-bond donors (Lipinski definition) is 1. The highest BCUT2D eigenvalue weighted by Gasteiger charge is 2.43. The second kappa shape index (κ2) is 6.06. The Morgan fingerprint density at radius 2 is 1.79 bits per heavy atom. The van der Waals surface area contributed by atoms with Crippen LogP contribution in [-0.2, 0) is 9.59 Å². The van der Waals surface area contributed by atoms with Crippen molar-refractivity contribution in [3.8, 4) is 0 Å². The molecule has 2 fully saturated rings. The molecule has 3 nitrogen and oxygen atoms in total. The van der Waals surface area contributed by atoms with Crippen molar-refractivity contribution in [2.75, 3.05) is 0 Å². The molecule has 0 aromatic heterocycles. The van der Waals surface area contributed by atoms with Crippen molar-refractivity contribution in [2.24, 2.45) is 23.7 Å². The van der Waals surface area contributed by atoms with Crippen molar-refractivity contribution < 1.29 is 9.59 Å². The lowest BCUT2D eigenvalue weighted by Gasteiger charge is -2.27. The van der Waals surface area contributed by atoms with E-state index in [0.717, 1.165) is 32.1 Å². The van der Waals surface area contributed by atoms with Gasteiger partial charge in [-0.2, -0.15) is 0 Å². The zero-order valence-electron chi connectivity index (χ0n) is 12.4. The molecule has 0 saturated heterocycles. The molecule has 2 saturated carbocycles. The molecule has 19 heavy (non-hydrogen) atoms. The van der Waals surface area contributed by atoms with Gasteiger partial charge in [-0.15, -0.1) is 0 Å². The van der Waals surface area contributed by atoms with Gasteiger partial charge in [-0.25, -0.2) is 0 Å². The molecule has 2 rings (SSSR count). The topological polar surface area (TPSA) is 46.2 Å². The van der Waals surface area contributed by atoms with Crippen molar-refractivity contribution in [1.82, 2.24) is 5.32 Å².